The zero-order valence-electron chi connectivity index (χ0n) is 14.4. The van der Waals surface area contributed by atoms with Gasteiger partial charge in [0.15, 0.2) is 0 Å². The number of hydrogen-bond donors (Lipinski definition) is 0. The van der Waals surface area contributed by atoms with Crippen LogP contribution in [0, 0.1) is 5.82 Å². The van der Waals surface area contributed by atoms with Gasteiger partial charge in [0.25, 0.3) is 15.9 Å². The molecule has 0 radical (unpaired) electrons. The summed E-state index contributed by atoms with van der Waals surface area (Å²) < 4.78 is 38.9. The highest BCUT2D eigenvalue weighted by Crippen LogP contribution is 2.21. The molecule has 0 aliphatic rings. The first-order valence-corrected chi connectivity index (χ1v) is 9.31. The second-order valence-corrected chi connectivity index (χ2v) is 7.83. The zero-order valence-corrected chi connectivity index (χ0v) is 16.0. The lowest BCUT2D eigenvalue weighted by Crippen LogP contribution is -2.27. The topological polar surface area (TPSA) is 66.9 Å². The highest BCUT2D eigenvalue weighted by Gasteiger charge is 2.22. The van der Waals surface area contributed by atoms with Crippen LogP contribution in [0.25, 0.3) is 0 Å². The van der Waals surface area contributed by atoms with Crippen LogP contribution in [0.4, 0.5) is 4.39 Å². The van der Waals surface area contributed by atoms with Gasteiger partial charge in [-0.05, 0) is 36.4 Å². The van der Waals surface area contributed by atoms with E-state index in [0.29, 0.717) is 0 Å². The van der Waals surface area contributed by atoms with Gasteiger partial charge in [-0.15, -0.1) is 0 Å². The third kappa shape index (κ3) is 4.21. The second-order valence-electron chi connectivity index (χ2n) is 5.48. The van der Waals surface area contributed by atoms with Crippen molar-refractivity contribution in [3.05, 3.63) is 64.4 Å². The average Bonchev–Trinajstić information content (AvgIpc) is 2.63. The summed E-state index contributed by atoms with van der Waals surface area (Å²) in [5.74, 6) is -0.894. The standard InChI is InChI=1S/C17H18ClFN2O4S/c1-20(11-14-15(18)5-4-6-16(14)19)17(22)12-7-9-13(10-8-12)26(23,24)21(2)25-3/h4-10H,11H2,1-3H3. The van der Waals surface area contributed by atoms with Crippen molar-refractivity contribution >= 4 is 27.5 Å². The Balaban J connectivity index is 2.20. The van der Waals surface area contributed by atoms with Gasteiger partial charge in [-0.2, -0.15) is 0 Å². The number of sulfonamides is 1. The maximum Gasteiger partial charge on any atom is 0.264 e. The fourth-order valence-electron chi connectivity index (χ4n) is 2.23. The Morgan fingerprint density at radius 2 is 1.77 bits per heavy atom. The van der Waals surface area contributed by atoms with Gasteiger partial charge in [-0.25, -0.2) is 12.8 Å². The summed E-state index contributed by atoms with van der Waals surface area (Å²) >= 11 is 5.98. The molecule has 0 bridgehead atoms. The van der Waals surface area contributed by atoms with Gasteiger partial charge < -0.3 is 4.90 Å². The number of carbonyl (C=O) groups excluding carboxylic acids is 1. The third-order valence-corrected chi connectivity index (χ3v) is 5.85. The molecule has 140 valence electrons. The fraction of sp³-hybridized carbons (Fsp3) is 0.235. The molecule has 1 amide bonds. The van der Waals surface area contributed by atoms with Crippen molar-refractivity contribution in [1.29, 1.82) is 0 Å². The van der Waals surface area contributed by atoms with Crippen LogP contribution in [0.5, 0.6) is 0 Å². The first-order chi connectivity index (χ1) is 12.2. The second kappa shape index (κ2) is 8.13. The van der Waals surface area contributed by atoms with Crippen LogP contribution < -0.4 is 0 Å². The van der Waals surface area contributed by atoms with Crippen molar-refractivity contribution in [3.8, 4) is 0 Å². The van der Waals surface area contributed by atoms with Crippen LogP contribution in [0.2, 0.25) is 5.02 Å². The van der Waals surface area contributed by atoms with Gasteiger partial charge >= 0.3 is 0 Å². The van der Waals surface area contributed by atoms with Crippen molar-refractivity contribution in [3.63, 3.8) is 0 Å². The summed E-state index contributed by atoms with van der Waals surface area (Å²) in [6, 6.07) is 9.69. The van der Waals surface area contributed by atoms with Crippen molar-refractivity contribution in [1.82, 2.24) is 9.37 Å². The molecular formula is C17H18ClFN2O4S. The summed E-state index contributed by atoms with van der Waals surface area (Å²) in [6.45, 7) is -0.0171. The number of nitrogens with zero attached hydrogens (tertiary/aromatic N) is 2. The quantitative estimate of drug-likeness (QED) is 0.699. The molecule has 0 saturated carbocycles. The van der Waals surface area contributed by atoms with Crippen LogP contribution in [0.1, 0.15) is 15.9 Å². The number of halogens is 2. The van der Waals surface area contributed by atoms with E-state index in [1.165, 1.54) is 62.5 Å². The molecule has 0 unspecified atom stereocenters. The van der Waals surface area contributed by atoms with E-state index in [4.69, 9.17) is 16.4 Å². The van der Waals surface area contributed by atoms with Crippen LogP contribution in [0.15, 0.2) is 47.4 Å². The molecule has 2 aromatic rings. The lowest BCUT2D eigenvalue weighted by molar-refractivity contribution is -0.0258. The fourth-order valence-corrected chi connectivity index (χ4v) is 3.42. The molecule has 0 spiro atoms. The maximum absolute atomic E-state index is 13.9. The Morgan fingerprint density at radius 1 is 1.15 bits per heavy atom. The van der Waals surface area contributed by atoms with Gasteiger partial charge in [0, 0.05) is 36.8 Å². The Hall–Kier alpha value is -2.00. The molecular weight excluding hydrogens is 383 g/mol. The van der Waals surface area contributed by atoms with E-state index in [9.17, 15) is 17.6 Å². The number of hydrogen-bond acceptors (Lipinski definition) is 4. The largest absolute Gasteiger partial charge is 0.337 e. The molecule has 0 aromatic heterocycles. The van der Waals surface area contributed by atoms with Crippen molar-refractivity contribution in [2.45, 2.75) is 11.4 Å². The lowest BCUT2D eigenvalue weighted by Gasteiger charge is -2.19. The maximum atomic E-state index is 13.9. The molecule has 0 N–H and O–H groups in total. The molecule has 0 fully saturated rings. The molecule has 2 aromatic carbocycles. The van der Waals surface area contributed by atoms with Gasteiger partial charge in [-0.3, -0.25) is 9.63 Å². The normalized spacial score (nSPS) is 11.6. The average molecular weight is 401 g/mol. The van der Waals surface area contributed by atoms with E-state index < -0.39 is 21.7 Å². The summed E-state index contributed by atoms with van der Waals surface area (Å²) in [7, 11) is 0.215. The molecule has 2 rings (SSSR count). The molecule has 9 heteroatoms. The van der Waals surface area contributed by atoms with Crippen molar-refractivity contribution in [2.75, 3.05) is 21.2 Å². The van der Waals surface area contributed by atoms with Crippen LogP contribution in [-0.2, 0) is 21.4 Å². The minimum Gasteiger partial charge on any atom is -0.337 e. The minimum atomic E-state index is -3.79. The monoisotopic (exact) mass is 400 g/mol. The molecule has 0 heterocycles. The van der Waals surface area contributed by atoms with Crippen molar-refractivity contribution in [2.24, 2.45) is 0 Å². The van der Waals surface area contributed by atoms with Gasteiger partial charge in [0.1, 0.15) is 5.82 Å². The van der Waals surface area contributed by atoms with E-state index in [1.54, 1.807) is 6.07 Å². The van der Waals surface area contributed by atoms with Gasteiger partial charge in [0.2, 0.25) is 0 Å². The predicted octanol–water partition coefficient (Wildman–Crippen LogP) is 2.93. The van der Waals surface area contributed by atoms with Crippen molar-refractivity contribution < 1.29 is 22.4 Å². The number of amides is 1. The summed E-state index contributed by atoms with van der Waals surface area (Å²) in [4.78, 5) is 18.5. The van der Waals surface area contributed by atoms with E-state index in [2.05, 4.69) is 0 Å². The molecule has 6 nitrogen and oxygen atoms in total. The Labute approximate surface area is 156 Å². The van der Waals surface area contributed by atoms with Gasteiger partial charge in [-0.1, -0.05) is 22.1 Å². The molecule has 0 aliphatic carbocycles. The van der Waals surface area contributed by atoms with Crippen LogP contribution in [-0.4, -0.2) is 44.9 Å². The minimum absolute atomic E-state index is 0.0156. The SMILES string of the molecule is CON(C)S(=O)(=O)c1ccc(C(=O)N(C)Cc2c(F)cccc2Cl)cc1. The first-order valence-electron chi connectivity index (χ1n) is 7.50. The summed E-state index contributed by atoms with van der Waals surface area (Å²) in [6.07, 6.45) is 0. The molecule has 0 aliphatic heterocycles. The molecule has 0 atom stereocenters. The zero-order chi connectivity index (χ0) is 19.5. The Bertz CT molecular complexity index is 883. The number of hydroxylamine groups is 1. The summed E-state index contributed by atoms with van der Waals surface area (Å²) in [5, 5.41) is 0.230. The van der Waals surface area contributed by atoms with E-state index in [1.807, 2.05) is 0 Å². The highest BCUT2D eigenvalue weighted by molar-refractivity contribution is 7.89. The lowest BCUT2D eigenvalue weighted by atomic mass is 10.1. The Morgan fingerprint density at radius 3 is 2.31 bits per heavy atom. The van der Waals surface area contributed by atoms with Crippen LogP contribution in [0.3, 0.4) is 0 Å². The number of rotatable bonds is 6. The van der Waals surface area contributed by atoms with E-state index >= 15 is 0 Å². The van der Waals surface area contributed by atoms with Gasteiger partial charge in [0.05, 0.1) is 12.0 Å². The highest BCUT2D eigenvalue weighted by atomic mass is 35.5. The molecule has 0 saturated heterocycles. The van der Waals surface area contributed by atoms with E-state index in [0.717, 1.165) is 4.47 Å². The third-order valence-electron chi connectivity index (χ3n) is 3.80. The van der Waals surface area contributed by atoms with Crippen LogP contribution >= 0.6 is 11.6 Å². The predicted molar refractivity (Wildman–Crippen MR) is 95.6 cm³/mol. The molecule has 26 heavy (non-hydrogen) atoms. The smallest absolute Gasteiger partial charge is 0.264 e. The Kier molecular flexibility index (Phi) is 6.35. The summed E-state index contributed by atoms with van der Waals surface area (Å²) in [5.41, 5.74) is 0.477. The number of benzene rings is 2. The number of carbonyl (C=O) groups is 1. The van der Waals surface area contributed by atoms with E-state index in [-0.39, 0.29) is 27.6 Å². The first kappa shape index (κ1) is 20.3.